The molecule has 2 aromatic carbocycles. The van der Waals surface area contributed by atoms with E-state index in [2.05, 4.69) is 10.8 Å². The van der Waals surface area contributed by atoms with E-state index in [0.717, 1.165) is 42.7 Å². The van der Waals surface area contributed by atoms with Crippen LogP contribution in [0.1, 0.15) is 60.1 Å². The van der Waals surface area contributed by atoms with Gasteiger partial charge >= 0.3 is 0 Å². The van der Waals surface area contributed by atoms with Crippen LogP contribution >= 0.6 is 0 Å². The van der Waals surface area contributed by atoms with Gasteiger partial charge in [-0.3, -0.25) is 4.79 Å². The van der Waals surface area contributed by atoms with E-state index in [9.17, 15) is 13.2 Å². The molecule has 1 N–H and O–H groups in total. The lowest BCUT2D eigenvalue weighted by atomic mass is 9.71. The molecule has 0 radical (unpaired) electrons. The Balaban J connectivity index is 1.57. The first-order valence-electron chi connectivity index (χ1n) is 11.1. The minimum absolute atomic E-state index is 0.0890. The van der Waals surface area contributed by atoms with Crippen molar-refractivity contribution < 1.29 is 22.7 Å². The molecule has 2 aliphatic heterocycles. The number of rotatable bonds is 3. The van der Waals surface area contributed by atoms with Crippen molar-refractivity contribution in [1.82, 2.24) is 9.62 Å². The smallest absolute Gasteiger partial charge is 0.254 e. The normalized spacial score (nSPS) is 21.4. The van der Waals surface area contributed by atoms with Crippen LogP contribution in [0.4, 0.5) is 0 Å². The highest BCUT2D eigenvalue weighted by Crippen LogP contribution is 2.52. The Morgan fingerprint density at radius 1 is 1.09 bits per heavy atom. The molecule has 32 heavy (non-hydrogen) atoms. The van der Waals surface area contributed by atoms with Gasteiger partial charge in [0.1, 0.15) is 13.2 Å². The van der Waals surface area contributed by atoms with Crippen LogP contribution in [0.25, 0.3) is 0 Å². The Hall–Kier alpha value is -2.58. The highest BCUT2D eigenvalue weighted by atomic mass is 32.2. The number of nitrogens with zero attached hydrogens (tertiary/aromatic N) is 1. The summed E-state index contributed by atoms with van der Waals surface area (Å²) in [6.45, 7) is 3.71. The molecule has 1 aliphatic carbocycles. The van der Waals surface area contributed by atoms with Crippen LogP contribution in [0, 0.1) is 0 Å². The highest BCUT2D eigenvalue weighted by Gasteiger charge is 2.46. The molecule has 8 heteroatoms. The van der Waals surface area contributed by atoms with Gasteiger partial charge in [0.25, 0.3) is 5.91 Å². The Kier molecular flexibility index (Phi) is 5.17. The van der Waals surface area contributed by atoms with Crippen molar-refractivity contribution in [2.45, 2.75) is 49.0 Å². The van der Waals surface area contributed by atoms with Gasteiger partial charge in [-0.15, -0.1) is 0 Å². The average Bonchev–Trinajstić information content (AvgIpc) is 3.29. The maximum absolute atomic E-state index is 13.7. The van der Waals surface area contributed by atoms with Crippen molar-refractivity contribution in [2.75, 3.05) is 26.8 Å². The number of hydrogen-bond acceptors (Lipinski definition) is 5. The Labute approximate surface area is 188 Å². The first-order chi connectivity index (χ1) is 15.3. The van der Waals surface area contributed by atoms with E-state index in [0.29, 0.717) is 25.3 Å². The fraction of sp³-hybridized carbons (Fsp3) is 0.458. The van der Waals surface area contributed by atoms with E-state index in [1.165, 1.54) is 24.7 Å². The summed E-state index contributed by atoms with van der Waals surface area (Å²) < 4.78 is 38.5. The topological polar surface area (TPSA) is 84.9 Å². The number of nitrogens with one attached hydrogen (secondary N) is 1. The summed E-state index contributed by atoms with van der Waals surface area (Å²) in [5, 5.41) is 0. The second-order valence-corrected chi connectivity index (χ2v) is 10.8. The maximum Gasteiger partial charge on any atom is 0.254 e. The third-order valence-electron chi connectivity index (χ3n) is 7.16. The molecule has 0 bridgehead atoms. The van der Waals surface area contributed by atoms with E-state index >= 15 is 0 Å². The average molecular weight is 457 g/mol. The number of hydrogen-bond donors (Lipinski definition) is 1. The monoisotopic (exact) mass is 456 g/mol. The lowest BCUT2D eigenvalue weighted by molar-refractivity contribution is 0.0593. The van der Waals surface area contributed by atoms with E-state index in [1.807, 2.05) is 17.9 Å². The number of ether oxygens (including phenoxy) is 2. The quantitative estimate of drug-likeness (QED) is 0.765. The lowest BCUT2D eigenvalue weighted by Gasteiger charge is -2.46. The second-order valence-electron chi connectivity index (χ2n) is 8.91. The number of sulfonamides is 1. The minimum atomic E-state index is -3.63. The number of carbonyl (C=O) groups excluding carboxylic acids is 1. The molecular weight excluding hydrogens is 428 g/mol. The van der Waals surface area contributed by atoms with Crippen LogP contribution in [-0.2, 0) is 15.4 Å². The first kappa shape index (κ1) is 21.3. The Bertz CT molecular complexity index is 1170. The summed E-state index contributed by atoms with van der Waals surface area (Å²) in [5.74, 6) is 1.36. The van der Waals surface area contributed by atoms with E-state index < -0.39 is 10.0 Å². The standard InChI is InChI=1S/C24H28N2O5S/c1-16-19-13-21-22(31-11-10-30-21)14-20(19)24(8-3-4-9-24)15-26(16)23(27)17-6-5-7-18(12-17)32(28,29)25-2/h5-7,12-14,16,25H,3-4,8-11,15H2,1-2H3/t16-/m1/s1. The number of benzene rings is 2. The molecule has 2 aromatic rings. The van der Waals surface area contributed by atoms with Gasteiger partial charge in [-0.2, -0.15) is 0 Å². The zero-order valence-corrected chi connectivity index (χ0v) is 19.2. The zero-order chi connectivity index (χ0) is 22.5. The first-order valence-corrected chi connectivity index (χ1v) is 12.6. The third-order valence-corrected chi connectivity index (χ3v) is 8.57. The van der Waals surface area contributed by atoms with Crippen LogP contribution in [0.5, 0.6) is 11.5 Å². The molecule has 2 heterocycles. The van der Waals surface area contributed by atoms with E-state index in [1.54, 1.807) is 12.1 Å². The zero-order valence-electron chi connectivity index (χ0n) is 18.4. The SMILES string of the molecule is CNS(=O)(=O)c1cccc(C(=O)N2CC3(CCCC3)c3cc4c(cc3[C@H]2C)OCCO4)c1. The molecule has 1 saturated carbocycles. The van der Waals surface area contributed by atoms with E-state index in [-0.39, 0.29) is 22.3 Å². The van der Waals surface area contributed by atoms with Gasteiger partial charge < -0.3 is 14.4 Å². The maximum atomic E-state index is 13.7. The fourth-order valence-corrected chi connectivity index (χ4v) is 6.21. The molecular formula is C24H28N2O5S. The Morgan fingerprint density at radius 3 is 2.47 bits per heavy atom. The van der Waals surface area contributed by atoms with Gasteiger partial charge in [0.05, 0.1) is 10.9 Å². The molecule has 5 rings (SSSR count). The van der Waals surface area contributed by atoms with Crippen molar-refractivity contribution in [3.63, 3.8) is 0 Å². The van der Waals surface area contributed by atoms with Crippen LogP contribution < -0.4 is 14.2 Å². The summed E-state index contributed by atoms with van der Waals surface area (Å²) in [6.07, 6.45) is 4.29. The van der Waals surface area contributed by atoms with Gasteiger partial charge in [0.15, 0.2) is 11.5 Å². The predicted molar refractivity (Wildman–Crippen MR) is 120 cm³/mol. The third kappa shape index (κ3) is 3.36. The van der Waals surface area contributed by atoms with Crippen LogP contribution in [0.3, 0.4) is 0 Å². The summed E-state index contributed by atoms with van der Waals surface area (Å²) in [4.78, 5) is 15.7. The number of fused-ring (bicyclic) bond motifs is 3. The molecule has 0 unspecified atom stereocenters. The van der Waals surface area contributed by atoms with Crippen molar-refractivity contribution in [3.8, 4) is 11.5 Å². The van der Waals surface area contributed by atoms with Crippen LogP contribution in [0.15, 0.2) is 41.3 Å². The Morgan fingerprint density at radius 2 is 1.78 bits per heavy atom. The van der Waals surface area contributed by atoms with Crippen LogP contribution in [-0.4, -0.2) is 46.0 Å². The summed E-state index contributed by atoms with van der Waals surface area (Å²) in [6, 6.07) is 10.3. The molecule has 170 valence electrons. The molecule has 1 atom stereocenters. The number of amides is 1. The molecule has 1 amide bonds. The fourth-order valence-electron chi connectivity index (χ4n) is 5.43. The van der Waals surface area contributed by atoms with Crippen LogP contribution in [0.2, 0.25) is 0 Å². The van der Waals surface area contributed by atoms with Gasteiger partial charge in [0, 0.05) is 17.5 Å². The summed E-state index contributed by atoms with van der Waals surface area (Å²) in [5.41, 5.74) is 2.63. The van der Waals surface area contributed by atoms with Gasteiger partial charge in [-0.1, -0.05) is 18.9 Å². The van der Waals surface area contributed by atoms with Crippen molar-refractivity contribution in [2.24, 2.45) is 0 Å². The largest absolute Gasteiger partial charge is 0.486 e. The van der Waals surface area contributed by atoms with Gasteiger partial charge in [0.2, 0.25) is 10.0 Å². The summed E-state index contributed by atoms with van der Waals surface area (Å²) >= 11 is 0. The molecule has 0 aromatic heterocycles. The van der Waals surface area contributed by atoms with Crippen molar-refractivity contribution >= 4 is 15.9 Å². The molecule has 7 nitrogen and oxygen atoms in total. The molecule has 3 aliphatic rings. The predicted octanol–water partition coefficient (Wildman–Crippen LogP) is 3.39. The highest BCUT2D eigenvalue weighted by molar-refractivity contribution is 7.89. The van der Waals surface area contributed by atoms with E-state index in [4.69, 9.17) is 9.47 Å². The molecule has 1 fully saturated rings. The molecule has 1 spiro atoms. The lowest BCUT2D eigenvalue weighted by Crippen LogP contribution is -2.48. The molecule has 0 saturated heterocycles. The van der Waals surface area contributed by atoms with Gasteiger partial charge in [-0.05, 0) is 68.3 Å². The second kappa shape index (κ2) is 7.78. The van der Waals surface area contributed by atoms with Crippen molar-refractivity contribution in [1.29, 1.82) is 0 Å². The minimum Gasteiger partial charge on any atom is -0.486 e. The van der Waals surface area contributed by atoms with Gasteiger partial charge in [-0.25, -0.2) is 13.1 Å². The number of carbonyl (C=O) groups is 1. The van der Waals surface area contributed by atoms with Crippen molar-refractivity contribution in [3.05, 3.63) is 53.1 Å². The summed E-state index contributed by atoms with van der Waals surface area (Å²) in [7, 11) is -2.27.